The average molecular weight is 412 g/mol. The van der Waals surface area contributed by atoms with Crippen LogP contribution in [0.3, 0.4) is 0 Å². The van der Waals surface area contributed by atoms with Crippen LogP contribution >= 0.6 is 0 Å². The molecule has 4 rings (SSSR count). The Labute approximate surface area is 184 Å². The van der Waals surface area contributed by atoms with Gasteiger partial charge >= 0.3 is 0 Å². The van der Waals surface area contributed by atoms with E-state index in [-0.39, 0.29) is 5.41 Å². The van der Waals surface area contributed by atoms with Crippen molar-refractivity contribution < 1.29 is 4.74 Å². The fourth-order valence-corrected chi connectivity index (χ4v) is 3.52. The third-order valence-corrected chi connectivity index (χ3v) is 5.39. The third kappa shape index (κ3) is 4.85. The molecule has 0 spiro atoms. The van der Waals surface area contributed by atoms with Gasteiger partial charge in [0.2, 0.25) is 0 Å². The van der Waals surface area contributed by atoms with Gasteiger partial charge in [-0.15, -0.1) is 0 Å². The summed E-state index contributed by atoms with van der Waals surface area (Å²) in [7, 11) is 2.05. The van der Waals surface area contributed by atoms with Crippen molar-refractivity contribution in [2.75, 3.05) is 25.1 Å². The van der Waals surface area contributed by atoms with Crippen molar-refractivity contribution in [1.29, 1.82) is 0 Å². The van der Waals surface area contributed by atoms with Gasteiger partial charge in [-0.3, -0.25) is 0 Å². The molecule has 0 atom stereocenters. The van der Waals surface area contributed by atoms with Gasteiger partial charge in [0.15, 0.2) is 5.82 Å². The Balaban J connectivity index is 1.61. The number of benzene rings is 3. The van der Waals surface area contributed by atoms with Crippen molar-refractivity contribution in [1.82, 2.24) is 9.97 Å². The zero-order chi connectivity index (χ0) is 21.8. The van der Waals surface area contributed by atoms with Crippen LogP contribution in [0.5, 0.6) is 5.75 Å². The number of ether oxygens (including phenoxy) is 1. The van der Waals surface area contributed by atoms with Gasteiger partial charge in [0, 0.05) is 18.0 Å². The molecular weight excluding hydrogens is 382 g/mol. The summed E-state index contributed by atoms with van der Waals surface area (Å²) in [6.07, 6.45) is 0. The summed E-state index contributed by atoms with van der Waals surface area (Å²) in [5.41, 5.74) is 3.38. The molecule has 0 aliphatic heterocycles. The molecule has 0 fully saturated rings. The van der Waals surface area contributed by atoms with Crippen LogP contribution in [-0.4, -0.2) is 30.2 Å². The second-order valence-electron chi connectivity index (χ2n) is 8.80. The highest BCUT2D eigenvalue weighted by Crippen LogP contribution is 2.29. The normalized spacial score (nSPS) is 11.5. The molecule has 0 unspecified atom stereocenters. The number of hydrogen-bond donors (Lipinski definition) is 0. The van der Waals surface area contributed by atoms with Crippen LogP contribution in [-0.2, 0) is 5.41 Å². The molecule has 0 radical (unpaired) electrons. The van der Waals surface area contributed by atoms with E-state index in [9.17, 15) is 0 Å². The Morgan fingerprint density at radius 3 is 2.19 bits per heavy atom. The number of para-hydroxylation sites is 2. The first-order valence-electron chi connectivity index (χ1n) is 10.7. The molecule has 31 heavy (non-hydrogen) atoms. The number of nitrogens with zero attached hydrogens (tertiary/aromatic N) is 3. The molecular formula is C27H29N3O. The van der Waals surface area contributed by atoms with E-state index in [2.05, 4.69) is 63.1 Å². The van der Waals surface area contributed by atoms with Crippen LogP contribution < -0.4 is 9.64 Å². The summed E-state index contributed by atoms with van der Waals surface area (Å²) in [6.45, 7) is 7.96. The van der Waals surface area contributed by atoms with Gasteiger partial charge in [-0.25, -0.2) is 9.97 Å². The van der Waals surface area contributed by atoms with Gasteiger partial charge in [0.25, 0.3) is 0 Å². The molecule has 4 heteroatoms. The zero-order valence-corrected chi connectivity index (χ0v) is 18.7. The summed E-state index contributed by atoms with van der Waals surface area (Å²) < 4.78 is 5.89. The Hall–Kier alpha value is -3.40. The minimum atomic E-state index is 0.118. The van der Waals surface area contributed by atoms with E-state index in [0.717, 1.165) is 40.4 Å². The van der Waals surface area contributed by atoms with Gasteiger partial charge in [0.05, 0.1) is 12.1 Å². The Morgan fingerprint density at radius 2 is 1.48 bits per heavy atom. The first kappa shape index (κ1) is 20.9. The lowest BCUT2D eigenvalue weighted by atomic mass is 9.87. The Morgan fingerprint density at radius 1 is 0.806 bits per heavy atom. The highest BCUT2D eigenvalue weighted by molar-refractivity contribution is 5.91. The molecule has 0 amide bonds. The van der Waals surface area contributed by atoms with Crippen molar-refractivity contribution in [3.05, 3.63) is 84.4 Å². The predicted octanol–water partition coefficient (Wildman–Crippen LogP) is 6.11. The van der Waals surface area contributed by atoms with Crippen molar-refractivity contribution in [2.24, 2.45) is 0 Å². The van der Waals surface area contributed by atoms with Crippen LogP contribution in [0, 0.1) is 0 Å². The second kappa shape index (κ2) is 8.76. The van der Waals surface area contributed by atoms with Gasteiger partial charge in [-0.1, -0.05) is 75.4 Å². The molecule has 1 heterocycles. The van der Waals surface area contributed by atoms with E-state index in [1.54, 1.807) is 0 Å². The van der Waals surface area contributed by atoms with E-state index in [1.807, 2.05) is 48.5 Å². The topological polar surface area (TPSA) is 38.2 Å². The van der Waals surface area contributed by atoms with Crippen LogP contribution in [0.4, 0.5) is 5.82 Å². The largest absolute Gasteiger partial charge is 0.492 e. The lowest BCUT2D eigenvalue weighted by molar-refractivity contribution is 0.326. The summed E-state index contributed by atoms with van der Waals surface area (Å²) in [6, 6.07) is 26.6. The number of fused-ring (bicyclic) bond motifs is 1. The van der Waals surface area contributed by atoms with E-state index < -0.39 is 0 Å². The van der Waals surface area contributed by atoms with Gasteiger partial charge < -0.3 is 9.64 Å². The Kier molecular flexibility index (Phi) is 5.90. The monoisotopic (exact) mass is 411 g/mol. The molecule has 0 saturated heterocycles. The van der Waals surface area contributed by atoms with Crippen molar-refractivity contribution in [2.45, 2.75) is 26.2 Å². The minimum Gasteiger partial charge on any atom is -0.492 e. The molecule has 0 saturated carbocycles. The van der Waals surface area contributed by atoms with Crippen molar-refractivity contribution in [3.63, 3.8) is 0 Å². The third-order valence-electron chi connectivity index (χ3n) is 5.39. The minimum absolute atomic E-state index is 0.118. The summed E-state index contributed by atoms with van der Waals surface area (Å²) in [4.78, 5) is 11.9. The summed E-state index contributed by atoms with van der Waals surface area (Å²) in [5, 5.41) is 1.04. The van der Waals surface area contributed by atoms with E-state index in [1.165, 1.54) is 5.56 Å². The van der Waals surface area contributed by atoms with E-state index in [0.29, 0.717) is 6.61 Å². The molecule has 158 valence electrons. The molecule has 3 aromatic carbocycles. The Bertz CT molecular complexity index is 1150. The second-order valence-corrected chi connectivity index (χ2v) is 8.80. The smallest absolute Gasteiger partial charge is 0.162 e. The predicted molar refractivity (Wildman–Crippen MR) is 129 cm³/mol. The molecule has 0 N–H and O–H groups in total. The fraction of sp³-hybridized carbons (Fsp3) is 0.259. The maximum Gasteiger partial charge on any atom is 0.162 e. The molecule has 0 aliphatic carbocycles. The van der Waals surface area contributed by atoms with Gasteiger partial charge in [0.1, 0.15) is 18.2 Å². The zero-order valence-electron chi connectivity index (χ0n) is 18.7. The molecule has 0 aliphatic rings. The standard InChI is InChI=1S/C27H29N3O/c1-27(2,3)21-16-14-20(15-17-21)25-28-24-13-9-8-12-23(24)26(29-25)30(4)18-19-31-22-10-6-5-7-11-22/h5-17H,18-19H2,1-4H3. The number of likely N-dealkylation sites (N-methyl/N-ethyl adjacent to an activating group) is 1. The summed E-state index contributed by atoms with van der Waals surface area (Å²) >= 11 is 0. The first-order valence-corrected chi connectivity index (χ1v) is 10.7. The highest BCUT2D eigenvalue weighted by Gasteiger charge is 2.16. The summed E-state index contributed by atoms with van der Waals surface area (Å²) in [5.74, 6) is 2.53. The van der Waals surface area contributed by atoms with E-state index >= 15 is 0 Å². The van der Waals surface area contributed by atoms with Gasteiger partial charge in [-0.2, -0.15) is 0 Å². The molecule has 4 nitrogen and oxygen atoms in total. The van der Waals surface area contributed by atoms with Crippen LogP contribution in [0.1, 0.15) is 26.3 Å². The van der Waals surface area contributed by atoms with Crippen molar-refractivity contribution >= 4 is 16.7 Å². The van der Waals surface area contributed by atoms with Crippen LogP contribution in [0.2, 0.25) is 0 Å². The average Bonchev–Trinajstić information content (AvgIpc) is 2.78. The molecule has 1 aromatic heterocycles. The van der Waals surface area contributed by atoms with Crippen molar-refractivity contribution in [3.8, 4) is 17.1 Å². The number of hydrogen-bond acceptors (Lipinski definition) is 4. The SMILES string of the molecule is CN(CCOc1ccccc1)c1nc(-c2ccc(C(C)(C)C)cc2)nc2ccccc12. The highest BCUT2D eigenvalue weighted by atomic mass is 16.5. The lowest BCUT2D eigenvalue weighted by Gasteiger charge is -2.21. The molecule has 0 bridgehead atoms. The maximum atomic E-state index is 5.89. The van der Waals surface area contributed by atoms with Gasteiger partial charge in [-0.05, 0) is 35.2 Å². The van der Waals surface area contributed by atoms with Crippen LogP contribution in [0.25, 0.3) is 22.3 Å². The molecule has 4 aromatic rings. The van der Waals surface area contributed by atoms with Crippen LogP contribution in [0.15, 0.2) is 78.9 Å². The maximum absolute atomic E-state index is 5.89. The number of aromatic nitrogens is 2. The first-order chi connectivity index (χ1) is 14.9. The quantitative estimate of drug-likeness (QED) is 0.384. The lowest BCUT2D eigenvalue weighted by Crippen LogP contribution is -2.25. The van der Waals surface area contributed by atoms with E-state index in [4.69, 9.17) is 14.7 Å². The number of rotatable bonds is 6. The fourth-order valence-electron chi connectivity index (χ4n) is 3.52. The number of anilines is 1.